The van der Waals surface area contributed by atoms with E-state index in [1.807, 2.05) is 0 Å². The quantitative estimate of drug-likeness (QED) is 0.548. The molecule has 0 amide bonds. The van der Waals surface area contributed by atoms with Crippen molar-refractivity contribution in [2.24, 2.45) is 11.8 Å². The van der Waals surface area contributed by atoms with Crippen molar-refractivity contribution in [1.82, 2.24) is 0 Å². The minimum atomic E-state index is -4.41. The molecular weight excluding hydrogens is 236 g/mol. The van der Waals surface area contributed by atoms with E-state index in [9.17, 15) is 18.3 Å². The molecule has 7 heteroatoms. The number of carbonyl (C=O) groups is 1. The van der Waals surface area contributed by atoms with Gasteiger partial charge in [-0.1, -0.05) is 0 Å². The Labute approximate surface area is 94.4 Å². The van der Waals surface area contributed by atoms with Gasteiger partial charge in [0.15, 0.2) is 5.44 Å². The third-order valence-corrected chi connectivity index (χ3v) is 4.01. The lowest BCUT2D eigenvalue weighted by atomic mass is 9.82. The molecule has 1 saturated carbocycles. The SMILES string of the molecule is COC(=O)C1CCC(C(O)S(=O)(=O)O)CC1. The zero-order chi connectivity index (χ0) is 12.3. The van der Waals surface area contributed by atoms with E-state index in [1.165, 1.54) is 7.11 Å². The molecule has 0 saturated heterocycles. The molecule has 1 aliphatic rings. The Hall–Kier alpha value is -0.660. The van der Waals surface area contributed by atoms with Crippen molar-refractivity contribution in [1.29, 1.82) is 0 Å². The predicted molar refractivity (Wildman–Crippen MR) is 55.0 cm³/mol. The van der Waals surface area contributed by atoms with Crippen molar-refractivity contribution < 1.29 is 27.6 Å². The average Bonchev–Trinajstić information content (AvgIpc) is 2.26. The van der Waals surface area contributed by atoms with Gasteiger partial charge in [-0.15, -0.1) is 0 Å². The second-order valence-corrected chi connectivity index (χ2v) is 5.55. The highest BCUT2D eigenvalue weighted by atomic mass is 32.2. The standard InChI is InChI=1S/C9H16O6S/c1-15-8(10)6-2-4-7(5-3-6)9(11)16(12,13)14/h6-7,9,11H,2-5H2,1H3,(H,12,13,14). The number of hydrogen-bond donors (Lipinski definition) is 2. The highest BCUT2D eigenvalue weighted by Gasteiger charge is 2.35. The summed E-state index contributed by atoms with van der Waals surface area (Å²) in [6, 6.07) is 0. The average molecular weight is 252 g/mol. The summed E-state index contributed by atoms with van der Waals surface area (Å²) in [4.78, 5) is 11.2. The summed E-state index contributed by atoms with van der Waals surface area (Å²) >= 11 is 0. The van der Waals surface area contributed by atoms with Crippen molar-refractivity contribution >= 4 is 16.1 Å². The van der Waals surface area contributed by atoms with Crippen LogP contribution in [-0.2, 0) is 19.6 Å². The van der Waals surface area contributed by atoms with Gasteiger partial charge in [-0.3, -0.25) is 9.35 Å². The molecule has 0 aromatic heterocycles. The molecule has 1 aliphatic carbocycles. The number of methoxy groups -OCH3 is 1. The highest BCUT2D eigenvalue weighted by Crippen LogP contribution is 2.32. The number of carbonyl (C=O) groups excluding carboxylic acids is 1. The molecule has 1 rings (SSSR count). The Morgan fingerprint density at radius 2 is 1.81 bits per heavy atom. The van der Waals surface area contributed by atoms with E-state index in [4.69, 9.17) is 4.55 Å². The second-order valence-electron chi connectivity index (χ2n) is 4.04. The lowest BCUT2D eigenvalue weighted by Gasteiger charge is -2.28. The fraction of sp³-hybridized carbons (Fsp3) is 0.889. The normalized spacial score (nSPS) is 28.4. The van der Waals surface area contributed by atoms with Crippen molar-refractivity contribution in [3.63, 3.8) is 0 Å². The third-order valence-electron chi connectivity index (χ3n) is 3.01. The summed E-state index contributed by atoms with van der Waals surface area (Å²) < 4.78 is 34.7. The van der Waals surface area contributed by atoms with Crippen molar-refractivity contribution in [3.05, 3.63) is 0 Å². The second kappa shape index (κ2) is 5.11. The Morgan fingerprint density at radius 1 is 1.31 bits per heavy atom. The van der Waals surface area contributed by atoms with Gasteiger partial charge in [-0.2, -0.15) is 8.42 Å². The van der Waals surface area contributed by atoms with Crippen LogP contribution in [0, 0.1) is 11.8 Å². The first kappa shape index (κ1) is 13.4. The lowest BCUT2D eigenvalue weighted by Crippen LogP contribution is -2.33. The van der Waals surface area contributed by atoms with Gasteiger partial charge >= 0.3 is 5.97 Å². The Kier molecular flexibility index (Phi) is 4.28. The molecule has 0 heterocycles. The summed E-state index contributed by atoms with van der Waals surface area (Å²) in [7, 11) is -3.10. The molecular formula is C9H16O6S. The van der Waals surface area contributed by atoms with Gasteiger partial charge in [0.25, 0.3) is 10.1 Å². The maximum Gasteiger partial charge on any atom is 0.308 e. The van der Waals surface area contributed by atoms with Gasteiger partial charge in [-0.25, -0.2) is 0 Å². The number of esters is 1. The fourth-order valence-electron chi connectivity index (χ4n) is 2.05. The maximum absolute atomic E-state index is 11.2. The molecule has 0 aromatic rings. The van der Waals surface area contributed by atoms with Crippen LogP contribution in [0.2, 0.25) is 0 Å². The van der Waals surface area contributed by atoms with Gasteiger partial charge in [0.05, 0.1) is 13.0 Å². The molecule has 2 N–H and O–H groups in total. The molecule has 1 atom stereocenters. The summed E-state index contributed by atoms with van der Waals surface area (Å²) in [5.74, 6) is -1.04. The molecule has 0 radical (unpaired) electrons. The molecule has 0 spiro atoms. The monoisotopic (exact) mass is 252 g/mol. The summed E-state index contributed by atoms with van der Waals surface area (Å²) in [6.07, 6.45) is 1.73. The summed E-state index contributed by atoms with van der Waals surface area (Å²) in [6.45, 7) is 0. The number of aliphatic hydroxyl groups excluding tert-OH is 1. The van der Waals surface area contributed by atoms with Crippen LogP contribution >= 0.6 is 0 Å². The van der Waals surface area contributed by atoms with Crippen molar-refractivity contribution in [2.45, 2.75) is 31.1 Å². The molecule has 94 valence electrons. The first-order valence-corrected chi connectivity index (χ1v) is 6.58. The van der Waals surface area contributed by atoms with Crippen molar-refractivity contribution in [2.75, 3.05) is 7.11 Å². The van der Waals surface area contributed by atoms with Gasteiger partial charge in [0, 0.05) is 5.92 Å². The topological polar surface area (TPSA) is 101 Å². The van der Waals surface area contributed by atoms with Crippen LogP contribution in [0.3, 0.4) is 0 Å². The van der Waals surface area contributed by atoms with Crippen LogP contribution in [0.5, 0.6) is 0 Å². The number of rotatable bonds is 3. The van der Waals surface area contributed by atoms with E-state index in [1.54, 1.807) is 0 Å². The minimum Gasteiger partial charge on any atom is -0.469 e. The van der Waals surface area contributed by atoms with Crippen LogP contribution in [0.25, 0.3) is 0 Å². The van der Waals surface area contributed by atoms with Crippen LogP contribution < -0.4 is 0 Å². The zero-order valence-electron chi connectivity index (χ0n) is 9.00. The van der Waals surface area contributed by atoms with E-state index in [0.29, 0.717) is 25.7 Å². The zero-order valence-corrected chi connectivity index (χ0v) is 9.81. The van der Waals surface area contributed by atoms with E-state index in [0.717, 1.165) is 0 Å². The van der Waals surface area contributed by atoms with Gasteiger partial charge in [-0.05, 0) is 25.7 Å². The maximum atomic E-state index is 11.2. The molecule has 6 nitrogen and oxygen atoms in total. The molecule has 1 unspecified atom stereocenters. The van der Waals surface area contributed by atoms with Crippen LogP contribution in [-0.4, -0.2) is 36.6 Å². The number of hydrogen-bond acceptors (Lipinski definition) is 5. The Balaban J connectivity index is 2.52. The van der Waals surface area contributed by atoms with E-state index in [-0.39, 0.29) is 11.9 Å². The lowest BCUT2D eigenvalue weighted by molar-refractivity contribution is -0.147. The number of ether oxygens (including phenoxy) is 1. The van der Waals surface area contributed by atoms with E-state index in [2.05, 4.69) is 4.74 Å². The largest absolute Gasteiger partial charge is 0.469 e. The van der Waals surface area contributed by atoms with Gasteiger partial charge < -0.3 is 9.84 Å². The predicted octanol–water partition coefficient (Wildman–Crippen LogP) is 0.172. The van der Waals surface area contributed by atoms with Crippen LogP contribution in [0.4, 0.5) is 0 Å². The Morgan fingerprint density at radius 3 is 2.19 bits per heavy atom. The first-order valence-electron chi connectivity index (χ1n) is 5.08. The van der Waals surface area contributed by atoms with Crippen molar-refractivity contribution in [3.8, 4) is 0 Å². The van der Waals surface area contributed by atoms with Crippen LogP contribution in [0.15, 0.2) is 0 Å². The fourth-order valence-corrected chi connectivity index (χ4v) is 2.81. The third kappa shape index (κ3) is 3.16. The number of aliphatic hydroxyl groups is 1. The minimum absolute atomic E-state index is 0.227. The molecule has 1 fully saturated rings. The van der Waals surface area contributed by atoms with E-state index >= 15 is 0 Å². The smallest absolute Gasteiger partial charge is 0.308 e. The first-order chi connectivity index (χ1) is 7.36. The molecule has 16 heavy (non-hydrogen) atoms. The van der Waals surface area contributed by atoms with E-state index < -0.39 is 21.5 Å². The molecule has 0 aliphatic heterocycles. The Bertz CT molecular complexity index is 341. The summed E-state index contributed by atoms with van der Waals surface area (Å²) in [5.41, 5.74) is -1.74. The van der Waals surface area contributed by atoms with Gasteiger partial charge in [0.1, 0.15) is 0 Å². The van der Waals surface area contributed by atoms with Gasteiger partial charge in [0.2, 0.25) is 0 Å². The summed E-state index contributed by atoms with van der Waals surface area (Å²) in [5, 5.41) is 9.34. The molecule has 0 aromatic carbocycles. The highest BCUT2D eigenvalue weighted by molar-refractivity contribution is 7.86. The molecule has 0 bridgehead atoms. The van der Waals surface area contributed by atoms with Crippen LogP contribution in [0.1, 0.15) is 25.7 Å².